The van der Waals surface area contributed by atoms with Crippen molar-refractivity contribution in [2.24, 2.45) is 0 Å². The molecule has 0 aliphatic heterocycles. The molecule has 0 bridgehead atoms. The van der Waals surface area contributed by atoms with Crippen LogP contribution < -0.4 is 26.0 Å². The predicted octanol–water partition coefficient (Wildman–Crippen LogP) is 3.37. The van der Waals surface area contributed by atoms with Gasteiger partial charge in [-0.1, -0.05) is 31.2 Å². The number of ether oxygens (including phenoxy) is 2. The zero-order chi connectivity index (χ0) is 24.2. The Balaban J connectivity index is 1.82. The molecule has 0 fully saturated rings. The fraction of sp³-hybridized carbons (Fsp3) is 0.192. The number of hydrogen-bond acceptors (Lipinski definition) is 5. The molecule has 4 rings (SSSR count). The van der Waals surface area contributed by atoms with Crippen LogP contribution in [0, 0.1) is 0 Å². The van der Waals surface area contributed by atoms with Gasteiger partial charge in [-0.2, -0.15) is 0 Å². The van der Waals surface area contributed by atoms with Gasteiger partial charge in [0.1, 0.15) is 18.0 Å². The maximum atomic E-state index is 13.6. The number of nitrogens with zero attached hydrogens (tertiary/aromatic N) is 2. The molecule has 1 heterocycles. The van der Waals surface area contributed by atoms with Gasteiger partial charge in [0.15, 0.2) is 0 Å². The first-order chi connectivity index (χ1) is 16.5. The van der Waals surface area contributed by atoms with Crippen molar-refractivity contribution in [2.45, 2.75) is 19.9 Å². The van der Waals surface area contributed by atoms with E-state index >= 15 is 0 Å². The zero-order valence-electron chi connectivity index (χ0n) is 19.2. The standard InChI is InChI=1S/C26H25N3O5/c1-4-17-9-11-18(12-10-17)27-24(30)16-28-21-8-6-5-7-20(21)25(31)29(26(28)32)22-14-13-19(33-2)15-23(22)34-3/h5-15H,4,16H2,1-3H3,(H,27,30). The van der Waals surface area contributed by atoms with Crippen LogP contribution in [0.15, 0.2) is 76.3 Å². The van der Waals surface area contributed by atoms with Gasteiger partial charge in [-0.15, -0.1) is 0 Å². The lowest BCUT2D eigenvalue weighted by Gasteiger charge is -2.16. The topological polar surface area (TPSA) is 91.6 Å². The summed E-state index contributed by atoms with van der Waals surface area (Å²) in [6.45, 7) is 1.78. The molecule has 1 N–H and O–H groups in total. The van der Waals surface area contributed by atoms with Crippen LogP contribution in [0.4, 0.5) is 5.69 Å². The summed E-state index contributed by atoms with van der Waals surface area (Å²) in [5, 5.41) is 3.12. The Bertz CT molecular complexity index is 1470. The number of methoxy groups -OCH3 is 2. The molecule has 0 aliphatic rings. The quantitative estimate of drug-likeness (QED) is 0.458. The maximum absolute atomic E-state index is 13.6. The van der Waals surface area contributed by atoms with Gasteiger partial charge in [0.05, 0.1) is 30.8 Å². The van der Waals surface area contributed by atoms with E-state index in [1.54, 1.807) is 42.5 Å². The minimum absolute atomic E-state index is 0.258. The summed E-state index contributed by atoms with van der Waals surface area (Å²) >= 11 is 0. The Morgan fingerprint density at radius 2 is 1.68 bits per heavy atom. The molecule has 3 aromatic carbocycles. The number of carbonyl (C=O) groups is 1. The van der Waals surface area contributed by atoms with Crippen molar-refractivity contribution in [1.82, 2.24) is 9.13 Å². The second kappa shape index (κ2) is 9.66. The van der Waals surface area contributed by atoms with Gasteiger partial charge in [-0.3, -0.25) is 14.2 Å². The van der Waals surface area contributed by atoms with Crippen molar-refractivity contribution in [2.75, 3.05) is 19.5 Å². The summed E-state index contributed by atoms with van der Waals surface area (Å²) < 4.78 is 12.9. The minimum atomic E-state index is -0.649. The van der Waals surface area contributed by atoms with Crippen molar-refractivity contribution in [3.8, 4) is 17.2 Å². The van der Waals surface area contributed by atoms with Crippen LogP contribution in [0.25, 0.3) is 16.6 Å². The molecule has 0 aliphatic carbocycles. The Kier molecular flexibility index (Phi) is 6.49. The van der Waals surface area contributed by atoms with Crippen LogP contribution >= 0.6 is 0 Å². The Labute approximate surface area is 196 Å². The van der Waals surface area contributed by atoms with Gasteiger partial charge in [0.25, 0.3) is 5.56 Å². The largest absolute Gasteiger partial charge is 0.497 e. The second-order valence-corrected chi connectivity index (χ2v) is 7.66. The lowest BCUT2D eigenvalue weighted by atomic mass is 10.1. The normalized spacial score (nSPS) is 10.8. The van der Waals surface area contributed by atoms with E-state index < -0.39 is 11.2 Å². The van der Waals surface area contributed by atoms with Gasteiger partial charge < -0.3 is 14.8 Å². The number of nitrogens with one attached hydrogen (secondary N) is 1. The van der Waals surface area contributed by atoms with E-state index in [-0.39, 0.29) is 18.1 Å². The molecular formula is C26H25N3O5. The summed E-state index contributed by atoms with van der Waals surface area (Å²) in [5.41, 5.74) is 1.26. The number of anilines is 1. The van der Waals surface area contributed by atoms with Crippen molar-refractivity contribution in [3.63, 3.8) is 0 Å². The highest BCUT2D eigenvalue weighted by Crippen LogP contribution is 2.26. The monoisotopic (exact) mass is 459 g/mol. The van der Waals surface area contributed by atoms with E-state index in [4.69, 9.17) is 9.47 Å². The van der Waals surface area contributed by atoms with Crippen LogP contribution in [0.5, 0.6) is 11.5 Å². The molecule has 0 spiro atoms. The number of carbonyl (C=O) groups excluding carboxylic acids is 1. The van der Waals surface area contributed by atoms with E-state index in [0.717, 1.165) is 16.6 Å². The van der Waals surface area contributed by atoms with E-state index in [1.165, 1.54) is 18.8 Å². The lowest BCUT2D eigenvalue weighted by Crippen LogP contribution is -2.41. The number of aromatic nitrogens is 2. The van der Waals surface area contributed by atoms with Crippen LogP contribution in [-0.2, 0) is 17.8 Å². The number of benzene rings is 3. The summed E-state index contributed by atoms with van der Waals surface area (Å²) in [4.78, 5) is 39.8. The first-order valence-corrected chi connectivity index (χ1v) is 10.8. The van der Waals surface area contributed by atoms with Crippen LogP contribution in [0.2, 0.25) is 0 Å². The average molecular weight is 460 g/mol. The molecule has 4 aromatic rings. The first-order valence-electron chi connectivity index (χ1n) is 10.8. The van der Waals surface area contributed by atoms with Crippen LogP contribution in [-0.4, -0.2) is 29.3 Å². The third-order valence-corrected chi connectivity index (χ3v) is 5.63. The summed E-state index contributed by atoms with van der Waals surface area (Å²) in [7, 11) is 2.96. The number of para-hydroxylation sites is 1. The molecule has 0 atom stereocenters. The molecular weight excluding hydrogens is 434 g/mol. The summed E-state index contributed by atoms with van der Waals surface area (Å²) in [5.74, 6) is 0.424. The van der Waals surface area contributed by atoms with Gasteiger partial charge in [0, 0.05) is 11.8 Å². The van der Waals surface area contributed by atoms with E-state index in [2.05, 4.69) is 12.2 Å². The fourth-order valence-electron chi connectivity index (χ4n) is 3.82. The van der Waals surface area contributed by atoms with Gasteiger partial charge in [-0.05, 0) is 48.4 Å². The zero-order valence-corrected chi connectivity index (χ0v) is 19.2. The van der Waals surface area contributed by atoms with Crippen molar-refractivity contribution in [3.05, 3.63) is 93.1 Å². The maximum Gasteiger partial charge on any atom is 0.336 e. The Hall–Kier alpha value is -4.33. The molecule has 34 heavy (non-hydrogen) atoms. The summed E-state index contributed by atoms with van der Waals surface area (Å²) in [6.07, 6.45) is 0.895. The fourth-order valence-corrected chi connectivity index (χ4v) is 3.82. The van der Waals surface area contributed by atoms with Crippen LogP contribution in [0.1, 0.15) is 12.5 Å². The number of rotatable bonds is 7. The van der Waals surface area contributed by atoms with Gasteiger partial charge >= 0.3 is 5.69 Å². The number of aryl methyl sites for hydroxylation is 1. The molecule has 8 nitrogen and oxygen atoms in total. The summed E-state index contributed by atoms with van der Waals surface area (Å²) in [6, 6.07) is 19.0. The molecule has 0 unspecified atom stereocenters. The minimum Gasteiger partial charge on any atom is -0.497 e. The van der Waals surface area contributed by atoms with E-state index in [1.807, 2.05) is 24.3 Å². The average Bonchev–Trinajstić information content (AvgIpc) is 2.87. The second-order valence-electron chi connectivity index (χ2n) is 7.66. The molecule has 8 heteroatoms. The predicted molar refractivity (Wildman–Crippen MR) is 131 cm³/mol. The lowest BCUT2D eigenvalue weighted by molar-refractivity contribution is -0.116. The third kappa shape index (κ3) is 4.30. The van der Waals surface area contributed by atoms with Crippen molar-refractivity contribution >= 4 is 22.5 Å². The Morgan fingerprint density at radius 1 is 0.941 bits per heavy atom. The van der Waals surface area contributed by atoms with Crippen LogP contribution in [0.3, 0.4) is 0 Å². The molecule has 1 aromatic heterocycles. The van der Waals surface area contributed by atoms with Crippen molar-refractivity contribution in [1.29, 1.82) is 0 Å². The highest BCUT2D eigenvalue weighted by atomic mass is 16.5. The smallest absolute Gasteiger partial charge is 0.336 e. The molecule has 1 amide bonds. The number of hydrogen-bond donors (Lipinski definition) is 1. The Morgan fingerprint density at radius 3 is 2.35 bits per heavy atom. The van der Waals surface area contributed by atoms with E-state index in [0.29, 0.717) is 28.1 Å². The molecule has 174 valence electrons. The molecule has 0 saturated heterocycles. The highest BCUT2D eigenvalue weighted by Gasteiger charge is 2.19. The van der Waals surface area contributed by atoms with Crippen molar-refractivity contribution < 1.29 is 14.3 Å². The highest BCUT2D eigenvalue weighted by molar-refractivity contribution is 5.91. The first kappa shape index (κ1) is 22.8. The molecule has 0 saturated carbocycles. The number of amides is 1. The van der Waals surface area contributed by atoms with E-state index in [9.17, 15) is 14.4 Å². The third-order valence-electron chi connectivity index (χ3n) is 5.63. The van der Waals surface area contributed by atoms with Gasteiger partial charge in [0.2, 0.25) is 5.91 Å². The van der Waals surface area contributed by atoms with Gasteiger partial charge in [-0.25, -0.2) is 9.36 Å². The SMILES string of the molecule is CCc1ccc(NC(=O)Cn2c(=O)n(-c3ccc(OC)cc3OC)c(=O)c3ccccc32)cc1. The number of fused-ring (bicyclic) bond motifs is 1. The molecule has 0 radical (unpaired) electrons.